The minimum Gasteiger partial charge on any atom is -0.378 e. The Bertz CT molecular complexity index is 764. The number of aromatic nitrogens is 2. The largest absolute Gasteiger partial charge is 0.378 e. The molecule has 6 nitrogen and oxygen atoms in total. The molecule has 0 saturated carbocycles. The second-order valence-electron chi connectivity index (χ2n) is 5.34. The molecule has 126 valence electrons. The number of benzene rings is 1. The van der Waals surface area contributed by atoms with Crippen LogP contribution in [0.2, 0.25) is 10.0 Å². The number of rotatable bonds is 3. The molecular weight excluding hydrogens is 351 g/mol. The van der Waals surface area contributed by atoms with E-state index in [1.165, 1.54) is 0 Å². The van der Waals surface area contributed by atoms with E-state index in [-0.39, 0.29) is 5.91 Å². The molecule has 0 unspecified atom stereocenters. The summed E-state index contributed by atoms with van der Waals surface area (Å²) in [4.78, 5) is 22.9. The van der Waals surface area contributed by atoms with Crippen molar-refractivity contribution in [1.82, 2.24) is 14.9 Å². The molecule has 3 rings (SSSR count). The first kappa shape index (κ1) is 17.0. The molecule has 1 aliphatic heterocycles. The van der Waals surface area contributed by atoms with Crippen LogP contribution in [-0.4, -0.2) is 47.1 Å². The average molecular weight is 367 g/mol. The molecule has 0 atom stereocenters. The molecule has 0 radical (unpaired) electrons. The maximum absolute atomic E-state index is 12.6. The van der Waals surface area contributed by atoms with Crippen molar-refractivity contribution in [3.05, 3.63) is 45.8 Å². The Morgan fingerprint density at radius 2 is 1.96 bits per heavy atom. The summed E-state index contributed by atoms with van der Waals surface area (Å²) in [6.07, 6.45) is 0. The Balaban J connectivity index is 1.85. The van der Waals surface area contributed by atoms with Crippen LogP contribution in [0.15, 0.2) is 24.3 Å². The van der Waals surface area contributed by atoms with E-state index in [4.69, 9.17) is 27.9 Å². The number of nitrogens with one attached hydrogen (secondary N) is 1. The van der Waals surface area contributed by atoms with Gasteiger partial charge in [0.2, 0.25) is 0 Å². The third kappa shape index (κ3) is 3.95. The number of halogens is 2. The fourth-order valence-corrected chi connectivity index (χ4v) is 2.74. The second kappa shape index (κ2) is 7.34. The summed E-state index contributed by atoms with van der Waals surface area (Å²) in [6.45, 7) is 3.94. The van der Waals surface area contributed by atoms with Crippen molar-refractivity contribution in [2.75, 3.05) is 31.6 Å². The van der Waals surface area contributed by atoms with E-state index in [1.807, 2.05) is 0 Å². The van der Waals surface area contributed by atoms with Gasteiger partial charge >= 0.3 is 0 Å². The number of nitrogens with zero attached hydrogens (tertiary/aromatic N) is 3. The summed E-state index contributed by atoms with van der Waals surface area (Å²) in [6, 6.07) is 6.71. The third-order valence-corrected chi connectivity index (χ3v) is 4.11. The highest BCUT2D eigenvalue weighted by molar-refractivity contribution is 6.35. The predicted octanol–water partition coefficient (Wildman–Crippen LogP) is 3.31. The lowest BCUT2D eigenvalue weighted by atomic mass is 10.3. The van der Waals surface area contributed by atoms with Crippen LogP contribution in [0.1, 0.15) is 16.3 Å². The fourth-order valence-electron chi connectivity index (χ4n) is 2.40. The van der Waals surface area contributed by atoms with Crippen molar-refractivity contribution in [2.45, 2.75) is 6.92 Å². The Morgan fingerprint density at radius 1 is 1.21 bits per heavy atom. The number of carbonyl (C=O) groups is 1. The molecule has 1 aromatic carbocycles. The Morgan fingerprint density at radius 3 is 2.71 bits per heavy atom. The van der Waals surface area contributed by atoms with Crippen molar-refractivity contribution >= 4 is 40.6 Å². The van der Waals surface area contributed by atoms with Crippen molar-refractivity contribution < 1.29 is 9.53 Å². The van der Waals surface area contributed by atoms with Crippen molar-refractivity contribution in [3.63, 3.8) is 0 Å². The third-order valence-electron chi connectivity index (χ3n) is 3.55. The van der Waals surface area contributed by atoms with Crippen molar-refractivity contribution in [2.24, 2.45) is 0 Å². The van der Waals surface area contributed by atoms with Gasteiger partial charge in [0.25, 0.3) is 5.91 Å². The molecule has 24 heavy (non-hydrogen) atoms. The lowest BCUT2D eigenvalue weighted by Crippen LogP contribution is -2.41. The SMILES string of the molecule is Cc1nc(Nc2cc(Cl)ccc2Cl)cc(C(=O)N2CCOCC2)n1. The van der Waals surface area contributed by atoms with Gasteiger partial charge in [-0.15, -0.1) is 0 Å². The molecule has 1 saturated heterocycles. The molecule has 1 aromatic heterocycles. The van der Waals surface area contributed by atoms with Gasteiger partial charge in [-0.3, -0.25) is 4.79 Å². The zero-order chi connectivity index (χ0) is 17.1. The van der Waals surface area contributed by atoms with Crippen LogP contribution in [0.25, 0.3) is 0 Å². The van der Waals surface area contributed by atoms with Crippen LogP contribution < -0.4 is 5.32 Å². The summed E-state index contributed by atoms with van der Waals surface area (Å²) >= 11 is 12.1. The number of anilines is 2. The highest BCUT2D eigenvalue weighted by Crippen LogP contribution is 2.28. The minimum absolute atomic E-state index is 0.135. The molecule has 2 aromatic rings. The number of morpholine rings is 1. The molecular formula is C16H16Cl2N4O2. The first-order valence-electron chi connectivity index (χ1n) is 7.48. The molecule has 1 aliphatic rings. The number of amides is 1. The summed E-state index contributed by atoms with van der Waals surface area (Å²) in [5, 5.41) is 4.15. The van der Waals surface area contributed by atoms with Crippen LogP contribution in [0.5, 0.6) is 0 Å². The summed E-state index contributed by atoms with van der Waals surface area (Å²) in [5.41, 5.74) is 0.956. The summed E-state index contributed by atoms with van der Waals surface area (Å²) in [5.74, 6) is 0.849. The molecule has 0 aliphatic carbocycles. The summed E-state index contributed by atoms with van der Waals surface area (Å²) < 4.78 is 5.27. The van der Waals surface area contributed by atoms with E-state index in [2.05, 4.69) is 15.3 Å². The van der Waals surface area contributed by atoms with E-state index >= 15 is 0 Å². The zero-order valence-electron chi connectivity index (χ0n) is 13.1. The van der Waals surface area contributed by atoms with E-state index < -0.39 is 0 Å². The maximum atomic E-state index is 12.6. The predicted molar refractivity (Wildman–Crippen MR) is 93.2 cm³/mol. The highest BCUT2D eigenvalue weighted by Gasteiger charge is 2.20. The van der Waals surface area contributed by atoms with Gasteiger partial charge in [0.1, 0.15) is 17.3 Å². The second-order valence-corrected chi connectivity index (χ2v) is 6.18. The van der Waals surface area contributed by atoms with Crippen LogP contribution >= 0.6 is 23.2 Å². The Kier molecular flexibility index (Phi) is 5.18. The van der Waals surface area contributed by atoms with E-state index in [0.717, 1.165) is 0 Å². The number of aryl methyl sites for hydroxylation is 1. The number of carbonyl (C=O) groups excluding carboxylic acids is 1. The van der Waals surface area contributed by atoms with Gasteiger partial charge in [0, 0.05) is 24.2 Å². The van der Waals surface area contributed by atoms with Gasteiger partial charge in [0.05, 0.1) is 23.9 Å². The highest BCUT2D eigenvalue weighted by atomic mass is 35.5. The van der Waals surface area contributed by atoms with E-state index in [9.17, 15) is 4.79 Å². The number of ether oxygens (including phenoxy) is 1. The first-order chi connectivity index (χ1) is 11.5. The normalized spacial score (nSPS) is 14.5. The fraction of sp³-hybridized carbons (Fsp3) is 0.312. The smallest absolute Gasteiger partial charge is 0.272 e. The molecule has 1 N–H and O–H groups in total. The van der Waals surface area contributed by atoms with Gasteiger partial charge < -0.3 is 15.0 Å². The zero-order valence-corrected chi connectivity index (χ0v) is 14.6. The molecule has 0 spiro atoms. The molecule has 2 heterocycles. The van der Waals surface area contributed by atoms with E-state index in [1.54, 1.807) is 36.1 Å². The van der Waals surface area contributed by atoms with Gasteiger partial charge in [-0.05, 0) is 25.1 Å². The number of hydrogen-bond acceptors (Lipinski definition) is 5. The first-order valence-corrected chi connectivity index (χ1v) is 8.23. The lowest BCUT2D eigenvalue weighted by molar-refractivity contribution is 0.0299. The lowest BCUT2D eigenvalue weighted by Gasteiger charge is -2.26. The Hall–Kier alpha value is -1.89. The Labute approximate surface area is 149 Å². The molecule has 8 heteroatoms. The quantitative estimate of drug-likeness (QED) is 0.902. The van der Waals surface area contributed by atoms with Crippen LogP contribution in [0.4, 0.5) is 11.5 Å². The van der Waals surface area contributed by atoms with E-state index in [0.29, 0.717) is 59.4 Å². The van der Waals surface area contributed by atoms with Crippen LogP contribution in [0, 0.1) is 6.92 Å². The molecule has 0 bridgehead atoms. The van der Waals surface area contributed by atoms with Crippen LogP contribution in [0.3, 0.4) is 0 Å². The topological polar surface area (TPSA) is 67.4 Å². The molecule has 1 amide bonds. The standard InChI is InChI=1S/C16H16Cl2N4O2/c1-10-19-14(16(23)22-4-6-24-7-5-22)9-15(20-10)21-13-8-11(17)2-3-12(13)18/h2-3,8-9H,4-7H2,1H3,(H,19,20,21). The van der Waals surface area contributed by atoms with Gasteiger partial charge in [-0.1, -0.05) is 23.2 Å². The average Bonchev–Trinajstić information content (AvgIpc) is 2.58. The maximum Gasteiger partial charge on any atom is 0.272 e. The van der Waals surface area contributed by atoms with Gasteiger partial charge in [-0.2, -0.15) is 0 Å². The van der Waals surface area contributed by atoms with Gasteiger partial charge in [-0.25, -0.2) is 9.97 Å². The van der Waals surface area contributed by atoms with Gasteiger partial charge in [0.15, 0.2) is 0 Å². The molecule has 1 fully saturated rings. The number of hydrogen-bond donors (Lipinski definition) is 1. The van der Waals surface area contributed by atoms with Crippen molar-refractivity contribution in [3.8, 4) is 0 Å². The minimum atomic E-state index is -0.135. The summed E-state index contributed by atoms with van der Waals surface area (Å²) in [7, 11) is 0. The van der Waals surface area contributed by atoms with Crippen LogP contribution in [-0.2, 0) is 4.74 Å². The monoisotopic (exact) mass is 366 g/mol. The van der Waals surface area contributed by atoms with Crippen molar-refractivity contribution in [1.29, 1.82) is 0 Å².